The Kier molecular flexibility index (Phi) is 4.01. The number of pyridine rings is 1. The number of carbonyl (C=O) groups excluding carboxylic acids is 2. The van der Waals surface area contributed by atoms with Crippen LogP contribution in [0.25, 0.3) is 0 Å². The number of aromatic nitrogens is 1. The number of rotatable bonds is 3. The van der Waals surface area contributed by atoms with E-state index in [0.717, 1.165) is 29.1 Å². The standard InChI is InChI=1S/C15H18F2N4O2/c16-15(17)2-4-21(8-15)13(22)6-11-10(14(18)23)5-9-1-3-19-7-12(9)20-11/h5,19H,1-4,6-8H2,(H2,18,23). The topological polar surface area (TPSA) is 88.3 Å². The Bertz CT molecular complexity index is 663. The molecule has 0 saturated carbocycles. The van der Waals surface area contributed by atoms with Crippen LogP contribution in [-0.2, 0) is 24.2 Å². The Labute approximate surface area is 132 Å². The maximum absolute atomic E-state index is 13.2. The second-order valence-corrected chi connectivity index (χ2v) is 5.98. The average molecular weight is 324 g/mol. The third-order valence-corrected chi connectivity index (χ3v) is 4.24. The summed E-state index contributed by atoms with van der Waals surface area (Å²) in [5.74, 6) is -3.95. The first-order chi connectivity index (χ1) is 10.9. The van der Waals surface area contributed by atoms with Crippen molar-refractivity contribution in [1.29, 1.82) is 0 Å². The smallest absolute Gasteiger partial charge is 0.267 e. The van der Waals surface area contributed by atoms with Crippen molar-refractivity contribution in [1.82, 2.24) is 15.2 Å². The van der Waals surface area contributed by atoms with E-state index in [1.54, 1.807) is 6.07 Å². The van der Waals surface area contributed by atoms with Crippen LogP contribution in [0.4, 0.5) is 8.78 Å². The molecular weight excluding hydrogens is 306 g/mol. The normalized spacial score (nSPS) is 19.5. The highest BCUT2D eigenvalue weighted by molar-refractivity contribution is 5.95. The van der Waals surface area contributed by atoms with Crippen molar-refractivity contribution in [2.45, 2.75) is 31.7 Å². The molecular formula is C15H18F2N4O2. The predicted molar refractivity (Wildman–Crippen MR) is 78.0 cm³/mol. The molecule has 23 heavy (non-hydrogen) atoms. The van der Waals surface area contributed by atoms with Crippen LogP contribution in [0.15, 0.2) is 6.07 Å². The Balaban J connectivity index is 1.84. The van der Waals surface area contributed by atoms with E-state index in [-0.39, 0.29) is 30.6 Å². The third-order valence-electron chi connectivity index (χ3n) is 4.24. The van der Waals surface area contributed by atoms with Gasteiger partial charge < -0.3 is 16.0 Å². The van der Waals surface area contributed by atoms with Crippen LogP contribution in [0.1, 0.15) is 33.7 Å². The van der Waals surface area contributed by atoms with Gasteiger partial charge in [-0.1, -0.05) is 0 Å². The molecule has 3 rings (SSSR count). The van der Waals surface area contributed by atoms with Crippen molar-refractivity contribution < 1.29 is 18.4 Å². The van der Waals surface area contributed by atoms with Crippen molar-refractivity contribution >= 4 is 11.8 Å². The van der Waals surface area contributed by atoms with Gasteiger partial charge in [0.25, 0.3) is 11.8 Å². The molecule has 3 N–H and O–H groups in total. The van der Waals surface area contributed by atoms with Gasteiger partial charge >= 0.3 is 0 Å². The second kappa shape index (κ2) is 5.84. The number of alkyl halides is 2. The van der Waals surface area contributed by atoms with Crippen LogP contribution in [0.2, 0.25) is 0 Å². The summed E-state index contributed by atoms with van der Waals surface area (Å²) in [4.78, 5) is 29.4. The molecule has 8 heteroatoms. The molecule has 2 aliphatic heterocycles. The number of hydrogen-bond acceptors (Lipinski definition) is 4. The molecule has 0 bridgehead atoms. The minimum absolute atomic E-state index is 0.0181. The first-order valence-electron chi connectivity index (χ1n) is 7.53. The number of amides is 2. The van der Waals surface area contributed by atoms with Crippen LogP contribution in [0.5, 0.6) is 0 Å². The average Bonchev–Trinajstić information content (AvgIpc) is 2.86. The molecule has 1 aromatic heterocycles. The molecule has 0 atom stereocenters. The second-order valence-electron chi connectivity index (χ2n) is 5.98. The molecule has 2 amide bonds. The summed E-state index contributed by atoms with van der Waals surface area (Å²) in [6.07, 6.45) is 0.208. The quantitative estimate of drug-likeness (QED) is 0.833. The van der Waals surface area contributed by atoms with Gasteiger partial charge in [0.05, 0.1) is 29.9 Å². The highest BCUT2D eigenvalue weighted by atomic mass is 19.3. The van der Waals surface area contributed by atoms with Gasteiger partial charge in [0.1, 0.15) is 0 Å². The Hall–Kier alpha value is -2.09. The summed E-state index contributed by atoms with van der Waals surface area (Å²) in [6.45, 7) is 0.778. The van der Waals surface area contributed by atoms with E-state index in [1.807, 2.05) is 0 Å². The van der Waals surface area contributed by atoms with E-state index in [2.05, 4.69) is 10.3 Å². The minimum Gasteiger partial charge on any atom is -0.366 e. The van der Waals surface area contributed by atoms with Gasteiger partial charge in [-0.05, 0) is 24.6 Å². The van der Waals surface area contributed by atoms with E-state index < -0.39 is 24.3 Å². The molecule has 0 aromatic carbocycles. The number of carbonyl (C=O) groups is 2. The third kappa shape index (κ3) is 3.31. The summed E-state index contributed by atoms with van der Waals surface area (Å²) in [5, 5.41) is 3.16. The number of likely N-dealkylation sites (tertiary alicyclic amines) is 1. The fraction of sp³-hybridized carbons (Fsp3) is 0.533. The van der Waals surface area contributed by atoms with Gasteiger partial charge in [0, 0.05) is 19.5 Å². The maximum Gasteiger partial charge on any atom is 0.267 e. The van der Waals surface area contributed by atoms with Gasteiger partial charge in [0.2, 0.25) is 5.91 Å². The summed E-state index contributed by atoms with van der Waals surface area (Å²) in [7, 11) is 0. The number of nitrogens with zero attached hydrogens (tertiary/aromatic N) is 2. The van der Waals surface area contributed by atoms with Gasteiger partial charge in [-0.25, -0.2) is 8.78 Å². The van der Waals surface area contributed by atoms with E-state index in [1.165, 1.54) is 0 Å². The van der Waals surface area contributed by atoms with Crippen LogP contribution >= 0.6 is 0 Å². The van der Waals surface area contributed by atoms with E-state index in [9.17, 15) is 18.4 Å². The zero-order chi connectivity index (χ0) is 16.6. The molecule has 124 valence electrons. The lowest BCUT2D eigenvalue weighted by atomic mass is 10.0. The number of primary amides is 1. The number of fused-ring (bicyclic) bond motifs is 1. The van der Waals surface area contributed by atoms with E-state index in [0.29, 0.717) is 6.54 Å². The van der Waals surface area contributed by atoms with Crippen molar-refractivity contribution in [3.05, 3.63) is 28.6 Å². The number of nitrogens with one attached hydrogen (secondary N) is 1. The molecule has 0 radical (unpaired) electrons. The molecule has 3 heterocycles. The highest BCUT2D eigenvalue weighted by Gasteiger charge is 2.40. The van der Waals surface area contributed by atoms with Gasteiger partial charge in [0.15, 0.2) is 0 Å². The SMILES string of the molecule is NC(=O)c1cc2c(nc1CC(=O)N1CCC(F)(F)C1)CNCC2. The van der Waals surface area contributed by atoms with Gasteiger partial charge in [-0.15, -0.1) is 0 Å². The van der Waals surface area contributed by atoms with Crippen LogP contribution in [0.3, 0.4) is 0 Å². The Morgan fingerprint density at radius 1 is 1.43 bits per heavy atom. The molecule has 1 fully saturated rings. The summed E-state index contributed by atoms with van der Waals surface area (Å²) in [6, 6.07) is 1.67. The van der Waals surface area contributed by atoms with Crippen LogP contribution in [-0.4, -0.2) is 47.3 Å². The van der Waals surface area contributed by atoms with Crippen LogP contribution in [0, 0.1) is 0 Å². The van der Waals surface area contributed by atoms with Crippen molar-refractivity contribution in [3.8, 4) is 0 Å². The first kappa shape index (κ1) is 15.8. The first-order valence-corrected chi connectivity index (χ1v) is 7.53. The number of hydrogen-bond donors (Lipinski definition) is 2. The molecule has 0 unspecified atom stereocenters. The summed E-state index contributed by atoms with van der Waals surface area (Å²) < 4.78 is 26.5. The fourth-order valence-electron chi connectivity index (χ4n) is 2.99. The molecule has 6 nitrogen and oxygen atoms in total. The predicted octanol–water partition coefficient (Wildman–Crippen LogP) is 0.236. The summed E-state index contributed by atoms with van der Waals surface area (Å²) in [5.41, 5.74) is 7.55. The zero-order valence-corrected chi connectivity index (χ0v) is 12.6. The molecule has 1 saturated heterocycles. The number of halogens is 2. The minimum atomic E-state index is -2.84. The fourth-order valence-corrected chi connectivity index (χ4v) is 2.99. The lowest BCUT2D eigenvalue weighted by Crippen LogP contribution is -2.34. The monoisotopic (exact) mass is 324 g/mol. The number of nitrogens with two attached hydrogens (primary N) is 1. The molecule has 2 aliphatic rings. The maximum atomic E-state index is 13.2. The molecule has 0 aliphatic carbocycles. The summed E-state index contributed by atoms with van der Waals surface area (Å²) >= 11 is 0. The van der Waals surface area contributed by atoms with Crippen LogP contribution < -0.4 is 11.1 Å². The highest BCUT2D eigenvalue weighted by Crippen LogP contribution is 2.27. The van der Waals surface area contributed by atoms with Gasteiger partial charge in [-0.2, -0.15) is 0 Å². The molecule has 0 spiro atoms. The zero-order valence-electron chi connectivity index (χ0n) is 12.6. The largest absolute Gasteiger partial charge is 0.366 e. The van der Waals surface area contributed by atoms with Crippen molar-refractivity contribution in [2.24, 2.45) is 5.73 Å². The van der Waals surface area contributed by atoms with E-state index >= 15 is 0 Å². The Morgan fingerprint density at radius 3 is 2.87 bits per heavy atom. The lowest BCUT2D eigenvalue weighted by Gasteiger charge is -2.20. The molecule has 1 aromatic rings. The van der Waals surface area contributed by atoms with Crippen molar-refractivity contribution in [3.63, 3.8) is 0 Å². The van der Waals surface area contributed by atoms with E-state index in [4.69, 9.17) is 5.73 Å². The van der Waals surface area contributed by atoms with Crippen molar-refractivity contribution in [2.75, 3.05) is 19.6 Å². The lowest BCUT2D eigenvalue weighted by molar-refractivity contribution is -0.131. The van der Waals surface area contributed by atoms with Gasteiger partial charge in [-0.3, -0.25) is 14.6 Å². The Morgan fingerprint density at radius 2 is 2.22 bits per heavy atom.